The molecule has 1 aromatic rings. The molecule has 0 radical (unpaired) electrons. The molecule has 0 bridgehead atoms. The van der Waals surface area contributed by atoms with Crippen LogP contribution in [0.2, 0.25) is 0 Å². The lowest BCUT2D eigenvalue weighted by Crippen LogP contribution is -2.29. The van der Waals surface area contributed by atoms with Crippen LogP contribution in [0.25, 0.3) is 0 Å². The van der Waals surface area contributed by atoms with Crippen LogP contribution >= 0.6 is 12.4 Å². The van der Waals surface area contributed by atoms with Crippen molar-refractivity contribution in [2.75, 3.05) is 18.0 Å². The highest BCUT2D eigenvalue weighted by Gasteiger charge is 2.09. The van der Waals surface area contributed by atoms with Crippen LogP contribution in [0.4, 0.5) is 5.69 Å². The van der Waals surface area contributed by atoms with Gasteiger partial charge in [0.25, 0.3) is 0 Å². The van der Waals surface area contributed by atoms with E-state index < -0.39 is 0 Å². The second-order valence-corrected chi connectivity index (χ2v) is 3.88. The van der Waals surface area contributed by atoms with Crippen LogP contribution in [0.1, 0.15) is 24.8 Å². The number of halogens is 1. The average Bonchev–Trinajstić information content (AvgIpc) is 2.20. The lowest BCUT2D eigenvalue weighted by atomic mass is 10.1. The molecule has 0 aliphatic carbocycles. The van der Waals surface area contributed by atoms with E-state index in [9.17, 15) is 0 Å². The quantitative estimate of drug-likeness (QED) is 0.688. The second kappa shape index (κ2) is 5.26. The molecule has 0 N–H and O–H groups in total. The van der Waals surface area contributed by atoms with Crippen molar-refractivity contribution in [2.45, 2.75) is 26.2 Å². The fourth-order valence-electron chi connectivity index (χ4n) is 1.91. The third-order valence-corrected chi connectivity index (χ3v) is 2.76. The maximum absolute atomic E-state index is 2.49. The molecular weight excluding hydrogens is 194 g/mol. The number of hydrogen-bond acceptors (Lipinski definition) is 1. The van der Waals surface area contributed by atoms with Gasteiger partial charge in [-0.1, -0.05) is 17.7 Å². The topological polar surface area (TPSA) is 3.24 Å². The number of benzene rings is 1. The molecule has 0 spiro atoms. The van der Waals surface area contributed by atoms with Crippen molar-refractivity contribution in [3.05, 3.63) is 29.8 Å². The van der Waals surface area contributed by atoms with Crippen molar-refractivity contribution in [3.63, 3.8) is 0 Å². The molecule has 14 heavy (non-hydrogen) atoms. The lowest BCUT2D eigenvalue weighted by molar-refractivity contribution is 0.578. The molecule has 78 valence electrons. The minimum absolute atomic E-state index is 0. The molecular formula is C12H18ClN. The van der Waals surface area contributed by atoms with E-state index in [0.717, 1.165) is 0 Å². The zero-order valence-corrected chi connectivity index (χ0v) is 9.52. The normalized spacial score (nSPS) is 16.2. The Morgan fingerprint density at radius 2 is 1.50 bits per heavy atom. The summed E-state index contributed by atoms with van der Waals surface area (Å²) >= 11 is 0. The van der Waals surface area contributed by atoms with Gasteiger partial charge in [-0.2, -0.15) is 0 Å². The maximum Gasteiger partial charge on any atom is 0.0366 e. The Kier molecular flexibility index (Phi) is 4.27. The monoisotopic (exact) mass is 211 g/mol. The number of piperidine rings is 1. The van der Waals surface area contributed by atoms with Gasteiger partial charge in [0.2, 0.25) is 0 Å². The van der Waals surface area contributed by atoms with E-state index in [2.05, 4.69) is 36.1 Å². The maximum atomic E-state index is 2.49. The zero-order valence-electron chi connectivity index (χ0n) is 8.70. The molecule has 0 unspecified atom stereocenters. The molecule has 1 aliphatic heterocycles. The molecule has 0 atom stereocenters. The van der Waals surface area contributed by atoms with Gasteiger partial charge in [-0.3, -0.25) is 0 Å². The minimum Gasteiger partial charge on any atom is -0.372 e. The summed E-state index contributed by atoms with van der Waals surface area (Å²) in [6.07, 6.45) is 4.12. The van der Waals surface area contributed by atoms with E-state index >= 15 is 0 Å². The smallest absolute Gasteiger partial charge is 0.0366 e. The highest BCUT2D eigenvalue weighted by Crippen LogP contribution is 2.19. The summed E-state index contributed by atoms with van der Waals surface area (Å²) in [5, 5.41) is 0. The van der Waals surface area contributed by atoms with Crippen LogP contribution in [-0.2, 0) is 0 Å². The van der Waals surface area contributed by atoms with Gasteiger partial charge in [0.15, 0.2) is 0 Å². The lowest BCUT2D eigenvalue weighted by Gasteiger charge is -2.28. The van der Waals surface area contributed by atoms with Crippen molar-refractivity contribution in [1.82, 2.24) is 0 Å². The van der Waals surface area contributed by atoms with E-state index in [1.165, 1.54) is 43.6 Å². The Morgan fingerprint density at radius 1 is 0.929 bits per heavy atom. The SMILES string of the molecule is Cc1ccc(N2CCCCC2)cc1.Cl. The molecule has 1 aliphatic rings. The van der Waals surface area contributed by atoms with Gasteiger partial charge in [0.05, 0.1) is 0 Å². The highest BCUT2D eigenvalue weighted by atomic mass is 35.5. The third-order valence-electron chi connectivity index (χ3n) is 2.76. The Hall–Kier alpha value is -0.690. The van der Waals surface area contributed by atoms with E-state index in [1.807, 2.05) is 0 Å². The number of rotatable bonds is 1. The molecule has 1 aromatic carbocycles. The number of hydrogen-bond donors (Lipinski definition) is 0. The van der Waals surface area contributed by atoms with E-state index in [0.29, 0.717) is 0 Å². The summed E-state index contributed by atoms with van der Waals surface area (Å²) in [5.41, 5.74) is 2.74. The predicted octanol–water partition coefficient (Wildman–Crippen LogP) is 3.41. The summed E-state index contributed by atoms with van der Waals surface area (Å²) in [6.45, 7) is 4.62. The van der Waals surface area contributed by atoms with Gasteiger partial charge in [-0.15, -0.1) is 12.4 Å². The molecule has 1 saturated heterocycles. The van der Waals surface area contributed by atoms with Crippen LogP contribution < -0.4 is 4.90 Å². The molecule has 0 aromatic heterocycles. The number of anilines is 1. The first-order valence-corrected chi connectivity index (χ1v) is 5.18. The van der Waals surface area contributed by atoms with Crippen LogP contribution in [0, 0.1) is 6.92 Å². The zero-order chi connectivity index (χ0) is 9.10. The van der Waals surface area contributed by atoms with Gasteiger partial charge >= 0.3 is 0 Å². The van der Waals surface area contributed by atoms with Crippen LogP contribution in [0.5, 0.6) is 0 Å². The summed E-state index contributed by atoms with van der Waals surface area (Å²) in [7, 11) is 0. The average molecular weight is 212 g/mol. The van der Waals surface area contributed by atoms with Crippen molar-refractivity contribution < 1.29 is 0 Å². The Bertz CT molecular complexity index is 262. The molecule has 0 amide bonds. The van der Waals surface area contributed by atoms with Gasteiger partial charge in [-0.25, -0.2) is 0 Å². The van der Waals surface area contributed by atoms with Crippen LogP contribution in [-0.4, -0.2) is 13.1 Å². The largest absolute Gasteiger partial charge is 0.372 e. The molecule has 1 heterocycles. The minimum atomic E-state index is 0. The van der Waals surface area contributed by atoms with Crippen molar-refractivity contribution in [3.8, 4) is 0 Å². The fourth-order valence-corrected chi connectivity index (χ4v) is 1.91. The third kappa shape index (κ3) is 2.65. The van der Waals surface area contributed by atoms with Crippen molar-refractivity contribution in [2.24, 2.45) is 0 Å². The van der Waals surface area contributed by atoms with Gasteiger partial charge in [0.1, 0.15) is 0 Å². The van der Waals surface area contributed by atoms with Gasteiger partial charge < -0.3 is 4.90 Å². The fraction of sp³-hybridized carbons (Fsp3) is 0.500. The standard InChI is InChI=1S/C12H17N.ClH/c1-11-5-7-12(8-6-11)13-9-3-2-4-10-13;/h5-8H,2-4,9-10H2,1H3;1H. The number of nitrogens with zero attached hydrogens (tertiary/aromatic N) is 1. The Balaban J connectivity index is 0.000000980. The molecule has 0 saturated carbocycles. The summed E-state index contributed by atoms with van der Waals surface area (Å²) in [4.78, 5) is 2.49. The van der Waals surface area contributed by atoms with E-state index in [4.69, 9.17) is 0 Å². The first-order chi connectivity index (χ1) is 6.36. The predicted molar refractivity (Wildman–Crippen MR) is 64.5 cm³/mol. The Morgan fingerprint density at radius 3 is 2.07 bits per heavy atom. The van der Waals surface area contributed by atoms with Crippen LogP contribution in [0.3, 0.4) is 0 Å². The molecule has 2 heteroatoms. The summed E-state index contributed by atoms with van der Waals surface area (Å²) in [6, 6.07) is 8.87. The number of aryl methyl sites for hydroxylation is 1. The first-order valence-electron chi connectivity index (χ1n) is 5.18. The van der Waals surface area contributed by atoms with Gasteiger partial charge in [0, 0.05) is 18.8 Å². The second-order valence-electron chi connectivity index (χ2n) is 3.88. The first kappa shape index (κ1) is 11.4. The molecule has 1 nitrogen and oxygen atoms in total. The van der Waals surface area contributed by atoms with Gasteiger partial charge in [-0.05, 0) is 38.3 Å². The summed E-state index contributed by atoms with van der Waals surface area (Å²) < 4.78 is 0. The van der Waals surface area contributed by atoms with Crippen molar-refractivity contribution >= 4 is 18.1 Å². The Labute approximate surface area is 92.5 Å². The van der Waals surface area contributed by atoms with E-state index in [-0.39, 0.29) is 12.4 Å². The van der Waals surface area contributed by atoms with Crippen molar-refractivity contribution in [1.29, 1.82) is 0 Å². The molecule has 1 fully saturated rings. The van der Waals surface area contributed by atoms with E-state index in [1.54, 1.807) is 0 Å². The highest BCUT2D eigenvalue weighted by molar-refractivity contribution is 5.85. The summed E-state index contributed by atoms with van der Waals surface area (Å²) in [5.74, 6) is 0. The molecule has 2 rings (SSSR count). The van der Waals surface area contributed by atoms with Crippen LogP contribution in [0.15, 0.2) is 24.3 Å².